The number of ether oxygens (including phenoxy) is 1. The second-order valence-corrected chi connectivity index (χ2v) is 6.64. The van der Waals surface area contributed by atoms with Gasteiger partial charge in [0, 0.05) is 5.69 Å². The number of rotatable bonds is 6. The largest absolute Gasteiger partial charge is 0.491 e. The van der Waals surface area contributed by atoms with Crippen LogP contribution in [-0.4, -0.2) is 12.0 Å². The number of carbonyl (C=O) groups excluding carboxylic acids is 1. The molecule has 1 amide bonds. The van der Waals surface area contributed by atoms with Crippen molar-refractivity contribution in [2.45, 2.75) is 39.7 Å². The lowest BCUT2D eigenvalue weighted by atomic mass is 10.0. The van der Waals surface area contributed by atoms with Gasteiger partial charge in [0.15, 0.2) is 0 Å². The summed E-state index contributed by atoms with van der Waals surface area (Å²) in [5.74, 6) is 0.742. The average molecular weight is 348 g/mol. The second kappa shape index (κ2) is 8.87. The Balaban J connectivity index is 2.09. The summed E-state index contributed by atoms with van der Waals surface area (Å²) >= 11 is 0. The normalized spacial score (nSPS) is 11.3. The molecule has 0 heterocycles. The predicted molar refractivity (Wildman–Crippen MR) is 105 cm³/mol. The number of amides is 1. The number of hydrogen-bond donors (Lipinski definition) is 1. The Kier molecular flexibility index (Phi) is 6.57. The summed E-state index contributed by atoms with van der Waals surface area (Å²) in [6.07, 6.45) is 1.68. The van der Waals surface area contributed by atoms with Gasteiger partial charge in [0.2, 0.25) is 0 Å². The molecule has 0 saturated carbocycles. The van der Waals surface area contributed by atoms with Crippen molar-refractivity contribution in [1.29, 1.82) is 5.26 Å². The van der Waals surface area contributed by atoms with Gasteiger partial charge in [-0.05, 0) is 61.2 Å². The van der Waals surface area contributed by atoms with Crippen LogP contribution in [0, 0.1) is 11.3 Å². The van der Waals surface area contributed by atoms with Crippen molar-refractivity contribution in [3.63, 3.8) is 0 Å². The Morgan fingerprint density at radius 1 is 1.04 bits per heavy atom. The van der Waals surface area contributed by atoms with Gasteiger partial charge in [0.25, 0.3) is 5.91 Å². The molecular weight excluding hydrogens is 324 g/mol. The quantitative estimate of drug-likeness (QED) is 0.580. The summed E-state index contributed by atoms with van der Waals surface area (Å²) in [6, 6.07) is 16.9. The molecule has 0 radical (unpaired) electrons. The Morgan fingerprint density at radius 3 is 2.15 bits per heavy atom. The summed E-state index contributed by atoms with van der Waals surface area (Å²) < 4.78 is 5.57. The minimum Gasteiger partial charge on any atom is -0.491 e. The zero-order chi connectivity index (χ0) is 19.1. The Hall–Kier alpha value is -3.06. The first-order chi connectivity index (χ1) is 12.4. The standard InChI is InChI=1S/C22H24N2O2/c1-15(2)18-7-5-17(6-8-18)13-19(14-23)22(25)24-20-9-11-21(12-10-20)26-16(3)4/h5-13,15-16H,1-4H3,(H,24,25). The molecule has 4 heteroatoms. The van der Waals surface area contributed by atoms with Crippen molar-refractivity contribution in [3.05, 3.63) is 65.2 Å². The van der Waals surface area contributed by atoms with E-state index in [0.717, 1.165) is 11.3 Å². The molecule has 0 unspecified atom stereocenters. The monoisotopic (exact) mass is 348 g/mol. The molecule has 2 aromatic rings. The Labute approximate surface area is 155 Å². The van der Waals surface area contributed by atoms with E-state index in [0.29, 0.717) is 11.6 Å². The lowest BCUT2D eigenvalue weighted by Gasteiger charge is -2.10. The van der Waals surface area contributed by atoms with E-state index in [1.807, 2.05) is 44.2 Å². The smallest absolute Gasteiger partial charge is 0.266 e. The third-order valence-electron chi connectivity index (χ3n) is 3.76. The number of nitrogens with one attached hydrogen (secondary N) is 1. The molecule has 0 fully saturated rings. The number of hydrogen-bond acceptors (Lipinski definition) is 3. The first-order valence-corrected chi connectivity index (χ1v) is 8.69. The molecule has 2 aromatic carbocycles. The van der Waals surface area contributed by atoms with Crippen molar-refractivity contribution in [2.75, 3.05) is 5.32 Å². The molecule has 0 saturated heterocycles. The van der Waals surface area contributed by atoms with Crippen LogP contribution in [0.1, 0.15) is 44.7 Å². The van der Waals surface area contributed by atoms with Gasteiger partial charge in [-0.2, -0.15) is 5.26 Å². The fourth-order valence-electron chi connectivity index (χ4n) is 2.38. The van der Waals surface area contributed by atoms with Crippen molar-refractivity contribution in [3.8, 4) is 11.8 Å². The van der Waals surface area contributed by atoms with E-state index in [-0.39, 0.29) is 11.7 Å². The van der Waals surface area contributed by atoms with E-state index in [1.54, 1.807) is 30.3 Å². The number of nitrogens with zero attached hydrogens (tertiary/aromatic N) is 1. The minimum atomic E-state index is -0.432. The van der Waals surface area contributed by atoms with Gasteiger partial charge in [-0.3, -0.25) is 4.79 Å². The zero-order valence-corrected chi connectivity index (χ0v) is 15.6. The highest BCUT2D eigenvalue weighted by Gasteiger charge is 2.10. The highest BCUT2D eigenvalue weighted by atomic mass is 16.5. The van der Waals surface area contributed by atoms with Crippen molar-refractivity contribution in [2.24, 2.45) is 0 Å². The van der Waals surface area contributed by atoms with Crippen LogP contribution in [0.3, 0.4) is 0 Å². The summed E-state index contributed by atoms with van der Waals surface area (Å²) in [7, 11) is 0. The van der Waals surface area contributed by atoms with E-state index in [9.17, 15) is 10.1 Å². The minimum absolute atomic E-state index is 0.0600. The van der Waals surface area contributed by atoms with Crippen molar-refractivity contribution < 1.29 is 9.53 Å². The van der Waals surface area contributed by atoms with Gasteiger partial charge in [0.05, 0.1) is 6.10 Å². The molecular formula is C22H24N2O2. The summed E-state index contributed by atoms with van der Waals surface area (Å²) in [5, 5.41) is 12.1. The van der Waals surface area contributed by atoms with Crippen LogP contribution in [0.5, 0.6) is 5.75 Å². The van der Waals surface area contributed by atoms with E-state index < -0.39 is 5.91 Å². The maximum Gasteiger partial charge on any atom is 0.266 e. The average Bonchev–Trinajstić information content (AvgIpc) is 2.61. The van der Waals surface area contributed by atoms with Gasteiger partial charge < -0.3 is 10.1 Å². The van der Waals surface area contributed by atoms with Crippen LogP contribution < -0.4 is 10.1 Å². The SMILES string of the molecule is CC(C)Oc1ccc(NC(=O)C(C#N)=Cc2ccc(C(C)C)cc2)cc1. The fourth-order valence-corrected chi connectivity index (χ4v) is 2.38. The lowest BCUT2D eigenvalue weighted by Crippen LogP contribution is -2.13. The molecule has 4 nitrogen and oxygen atoms in total. The van der Waals surface area contributed by atoms with Crippen LogP contribution in [0.4, 0.5) is 5.69 Å². The summed E-state index contributed by atoms with van der Waals surface area (Å²) in [6.45, 7) is 8.15. The summed E-state index contributed by atoms with van der Waals surface area (Å²) in [4.78, 5) is 12.4. The third-order valence-corrected chi connectivity index (χ3v) is 3.76. The van der Waals surface area contributed by atoms with Crippen LogP contribution in [0.2, 0.25) is 0 Å². The van der Waals surface area contributed by atoms with Crippen molar-refractivity contribution in [1.82, 2.24) is 0 Å². The molecule has 0 bridgehead atoms. The molecule has 0 aliphatic carbocycles. The first-order valence-electron chi connectivity index (χ1n) is 8.69. The maximum absolute atomic E-state index is 12.4. The fraction of sp³-hybridized carbons (Fsp3) is 0.273. The highest BCUT2D eigenvalue weighted by molar-refractivity contribution is 6.09. The topological polar surface area (TPSA) is 62.1 Å². The molecule has 1 N–H and O–H groups in total. The van der Waals surface area contributed by atoms with Gasteiger partial charge >= 0.3 is 0 Å². The van der Waals surface area contributed by atoms with Gasteiger partial charge in [-0.15, -0.1) is 0 Å². The Morgan fingerprint density at radius 2 is 1.65 bits per heavy atom. The van der Waals surface area contributed by atoms with Gasteiger partial charge in [-0.1, -0.05) is 38.1 Å². The molecule has 0 aromatic heterocycles. The zero-order valence-electron chi connectivity index (χ0n) is 15.6. The van der Waals surface area contributed by atoms with E-state index in [1.165, 1.54) is 5.56 Å². The Bertz CT molecular complexity index is 811. The predicted octanol–water partition coefficient (Wildman–Crippen LogP) is 5.14. The van der Waals surface area contributed by atoms with Gasteiger partial charge in [0.1, 0.15) is 17.4 Å². The lowest BCUT2D eigenvalue weighted by molar-refractivity contribution is -0.112. The molecule has 2 rings (SSSR count). The van der Waals surface area contributed by atoms with Crippen LogP contribution >= 0.6 is 0 Å². The second-order valence-electron chi connectivity index (χ2n) is 6.64. The van der Waals surface area contributed by atoms with E-state index in [2.05, 4.69) is 19.2 Å². The molecule has 0 spiro atoms. The van der Waals surface area contributed by atoms with Crippen LogP contribution in [-0.2, 0) is 4.79 Å². The number of anilines is 1. The third kappa shape index (κ3) is 5.49. The van der Waals surface area contributed by atoms with E-state index >= 15 is 0 Å². The van der Waals surface area contributed by atoms with Crippen molar-refractivity contribution >= 4 is 17.7 Å². The number of benzene rings is 2. The summed E-state index contributed by atoms with van der Waals surface area (Å²) in [5.41, 5.74) is 2.71. The first kappa shape index (κ1) is 19.3. The molecule has 0 aliphatic heterocycles. The number of carbonyl (C=O) groups is 1. The van der Waals surface area contributed by atoms with Crippen LogP contribution in [0.25, 0.3) is 6.08 Å². The van der Waals surface area contributed by atoms with Gasteiger partial charge in [-0.25, -0.2) is 0 Å². The molecule has 0 atom stereocenters. The number of nitriles is 1. The highest BCUT2D eigenvalue weighted by Crippen LogP contribution is 2.19. The van der Waals surface area contributed by atoms with E-state index in [4.69, 9.17) is 4.74 Å². The molecule has 26 heavy (non-hydrogen) atoms. The van der Waals surface area contributed by atoms with Crippen LogP contribution in [0.15, 0.2) is 54.1 Å². The molecule has 134 valence electrons. The molecule has 0 aliphatic rings. The maximum atomic E-state index is 12.4.